The first-order valence-electron chi connectivity index (χ1n) is 7.56. The van der Waals surface area contributed by atoms with Crippen molar-refractivity contribution in [2.24, 2.45) is 5.92 Å². The summed E-state index contributed by atoms with van der Waals surface area (Å²) in [7, 11) is 0. The second-order valence-corrected chi connectivity index (χ2v) is 7.06. The van der Waals surface area contributed by atoms with E-state index in [9.17, 15) is 15.0 Å². The van der Waals surface area contributed by atoms with E-state index in [-0.39, 0.29) is 31.1 Å². The maximum Gasteiger partial charge on any atom is 0.327 e. The molecule has 20 heavy (non-hydrogen) atoms. The molecule has 0 spiro atoms. The first kappa shape index (κ1) is 15.7. The van der Waals surface area contributed by atoms with Gasteiger partial charge in [-0.2, -0.15) is 0 Å². The smallest absolute Gasteiger partial charge is 0.327 e. The first-order chi connectivity index (χ1) is 9.34. The van der Waals surface area contributed by atoms with E-state index in [0.717, 1.165) is 19.4 Å². The SMILES string of the molecule is CC(C)(C)OC(=O)[C@@]12CCCN1[C@H](CCO)[C@H](CO)C2. The standard InChI is InChI=1S/C15H27NO4/c1-14(2,3)20-13(19)15-6-4-7-16(15)12(5-8-17)11(9-15)10-18/h11-12,17-18H,4-10H2,1-3H3/t11-,12+,15-/m0/s1. The molecule has 0 bridgehead atoms. The van der Waals surface area contributed by atoms with Crippen LogP contribution in [0.2, 0.25) is 0 Å². The molecule has 2 heterocycles. The highest BCUT2D eigenvalue weighted by atomic mass is 16.6. The number of fused-ring (bicyclic) bond motifs is 1. The molecule has 2 saturated heterocycles. The van der Waals surface area contributed by atoms with E-state index in [0.29, 0.717) is 12.8 Å². The summed E-state index contributed by atoms with van der Waals surface area (Å²) < 4.78 is 5.62. The van der Waals surface area contributed by atoms with Crippen molar-refractivity contribution in [2.45, 2.75) is 63.6 Å². The summed E-state index contributed by atoms with van der Waals surface area (Å²) in [5.41, 5.74) is -1.08. The number of hydrogen-bond acceptors (Lipinski definition) is 5. The average molecular weight is 285 g/mol. The molecule has 3 atom stereocenters. The summed E-state index contributed by atoms with van der Waals surface area (Å²) in [4.78, 5) is 14.8. The number of rotatable bonds is 4. The van der Waals surface area contributed by atoms with Gasteiger partial charge in [0.2, 0.25) is 0 Å². The Morgan fingerprint density at radius 3 is 2.65 bits per heavy atom. The number of hydrogen-bond donors (Lipinski definition) is 2. The Morgan fingerprint density at radius 2 is 2.10 bits per heavy atom. The zero-order chi connectivity index (χ0) is 15.0. The van der Waals surface area contributed by atoms with Crippen LogP contribution in [0.25, 0.3) is 0 Å². The van der Waals surface area contributed by atoms with Crippen LogP contribution in [0.4, 0.5) is 0 Å². The van der Waals surface area contributed by atoms with Gasteiger partial charge >= 0.3 is 5.97 Å². The molecule has 0 aromatic heterocycles. The van der Waals surface area contributed by atoms with E-state index >= 15 is 0 Å². The van der Waals surface area contributed by atoms with E-state index in [2.05, 4.69) is 4.90 Å². The lowest BCUT2D eigenvalue weighted by atomic mass is 9.88. The molecule has 5 heteroatoms. The van der Waals surface area contributed by atoms with E-state index in [1.54, 1.807) is 0 Å². The maximum atomic E-state index is 12.7. The molecule has 2 aliphatic rings. The fraction of sp³-hybridized carbons (Fsp3) is 0.933. The minimum atomic E-state index is -0.583. The molecule has 0 aromatic rings. The summed E-state index contributed by atoms with van der Waals surface area (Å²) in [5.74, 6) is -0.114. The van der Waals surface area contributed by atoms with Crippen LogP contribution in [0.3, 0.4) is 0 Å². The zero-order valence-electron chi connectivity index (χ0n) is 12.8. The molecular formula is C15H27NO4. The van der Waals surface area contributed by atoms with Crippen LogP contribution in [0, 0.1) is 5.92 Å². The zero-order valence-corrected chi connectivity index (χ0v) is 12.8. The summed E-state index contributed by atoms with van der Waals surface area (Å²) in [6.07, 6.45) is 3.01. The van der Waals surface area contributed by atoms with E-state index in [1.165, 1.54) is 0 Å². The third-order valence-corrected chi connectivity index (χ3v) is 4.52. The molecule has 0 aromatic carbocycles. The first-order valence-corrected chi connectivity index (χ1v) is 7.56. The van der Waals surface area contributed by atoms with Crippen LogP contribution in [0.5, 0.6) is 0 Å². The highest BCUT2D eigenvalue weighted by Gasteiger charge is 2.58. The summed E-state index contributed by atoms with van der Waals surface area (Å²) in [6, 6.07) is 0.0834. The van der Waals surface area contributed by atoms with Crippen molar-refractivity contribution in [3.05, 3.63) is 0 Å². The number of ether oxygens (including phenoxy) is 1. The number of esters is 1. The maximum absolute atomic E-state index is 12.7. The lowest BCUT2D eigenvalue weighted by Gasteiger charge is -2.35. The van der Waals surface area contributed by atoms with Crippen molar-refractivity contribution in [1.82, 2.24) is 4.90 Å². The molecule has 5 nitrogen and oxygen atoms in total. The van der Waals surface area contributed by atoms with Crippen LogP contribution < -0.4 is 0 Å². The third-order valence-electron chi connectivity index (χ3n) is 4.52. The predicted octanol–water partition coefficient (Wildman–Crippen LogP) is 0.926. The van der Waals surface area contributed by atoms with Gasteiger partial charge in [0.1, 0.15) is 11.1 Å². The highest BCUT2D eigenvalue weighted by Crippen LogP contribution is 2.47. The summed E-state index contributed by atoms with van der Waals surface area (Å²) in [6.45, 7) is 6.63. The molecule has 0 radical (unpaired) electrons. The van der Waals surface area contributed by atoms with Crippen molar-refractivity contribution in [1.29, 1.82) is 0 Å². The molecule has 2 aliphatic heterocycles. The lowest BCUT2D eigenvalue weighted by molar-refractivity contribution is -0.167. The molecule has 0 saturated carbocycles. The van der Waals surface area contributed by atoms with Gasteiger partial charge in [0, 0.05) is 19.3 Å². The van der Waals surface area contributed by atoms with Gasteiger partial charge in [0.15, 0.2) is 0 Å². The van der Waals surface area contributed by atoms with Crippen LogP contribution >= 0.6 is 0 Å². The fourth-order valence-electron chi connectivity index (χ4n) is 3.81. The minimum Gasteiger partial charge on any atom is -0.459 e. The Hall–Kier alpha value is -0.650. The van der Waals surface area contributed by atoms with Crippen molar-refractivity contribution in [2.75, 3.05) is 19.8 Å². The van der Waals surface area contributed by atoms with Crippen LogP contribution in [0.1, 0.15) is 46.5 Å². The lowest BCUT2D eigenvalue weighted by Crippen LogP contribution is -2.51. The van der Waals surface area contributed by atoms with Crippen LogP contribution in [-0.4, -0.2) is 58.0 Å². The molecule has 2 N–H and O–H groups in total. The van der Waals surface area contributed by atoms with Crippen molar-refractivity contribution in [3.63, 3.8) is 0 Å². The van der Waals surface area contributed by atoms with Gasteiger partial charge in [-0.25, -0.2) is 0 Å². The molecular weight excluding hydrogens is 258 g/mol. The Balaban J connectivity index is 2.22. The van der Waals surface area contributed by atoms with Gasteiger partial charge in [0.25, 0.3) is 0 Å². The quantitative estimate of drug-likeness (QED) is 0.752. The second kappa shape index (κ2) is 5.62. The fourth-order valence-corrected chi connectivity index (χ4v) is 3.81. The summed E-state index contributed by atoms with van der Waals surface area (Å²) in [5, 5.41) is 18.8. The Morgan fingerprint density at radius 1 is 1.40 bits per heavy atom. The van der Waals surface area contributed by atoms with E-state index in [1.807, 2.05) is 20.8 Å². The largest absolute Gasteiger partial charge is 0.459 e. The molecule has 0 aliphatic carbocycles. The number of aliphatic hydroxyl groups excluding tert-OH is 2. The number of carbonyl (C=O) groups excluding carboxylic acids is 1. The predicted molar refractivity (Wildman–Crippen MR) is 75.2 cm³/mol. The number of carbonyl (C=O) groups is 1. The third kappa shape index (κ3) is 2.71. The Bertz CT molecular complexity index is 365. The normalized spacial score (nSPS) is 34.2. The Kier molecular flexibility index (Phi) is 4.42. The minimum absolute atomic E-state index is 0.0509. The van der Waals surface area contributed by atoms with Crippen LogP contribution in [-0.2, 0) is 9.53 Å². The molecule has 0 amide bonds. The average Bonchev–Trinajstić information content (AvgIpc) is 2.86. The monoisotopic (exact) mass is 285 g/mol. The van der Waals surface area contributed by atoms with Crippen molar-refractivity contribution in [3.8, 4) is 0 Å². The van der Waals surface area contributed by atoms with Gasteiger partial charge in [-0.15, -0.1) is 0 Å². The van der Waals surface area contributed by atoms with Gasteiger partial charge in [0.05, 0.1) is 0 Å². The Labute approximate surface area is 120 Å². The van der Waals surface area contributed by atoms with Crippen molar-refractivity contribution >= 4 is 5.97 Å². The summed E-state index contributed by atoms with van der Waals surface area (Å²) >= 11 is 0. The second-order valence-electron chi connectivity index (χ2n) is 7.06. The molecule has 2 rings (SSSR count). The van der Waals surface area contributed by atoms with Crippen molar-refractivity contribution < 1.29 is 19.7 Å². The molecule has 116 valence electrons. The highest BCUT2D eigenvalue weighted by molar-refractivity contribution is 5.82. The van der Waals surface area contributed by atoms with Gasteiger partial charge in [-0.1, -0.05) is 0 Å². The van der Waals surface area contributed by atoms with Gasteiger partial charge in [-0.3, -0.25) is 9.69 Å². The van der Waals surface area contributed by atoms with E-state index in [4.69, 9.17) is 4.74 Å². The topological polar surface area (TPSA) is 70.0 Å². The van der Waals surface area contributed by atoms with Gasteiger partial charge in [-0.05, 0) is 58.9 Å². The van der Waals surface area contributed by atoms with Crippen LogP contribution in [0.15, 0.2) is 0 Å². The number of aliphatic hydroxyl groups is 2. The number of nitrogens with zero attached hydrogens (tertiary/aromatic N) is 1. The molecule has 2 fully saturated rings. The molecule has 0 unspecified atom stereocenters. The van der Waals surface area contributed by atoms with E-state index < -0.39 is 11.1 Å². The van der Waals surface area contributed by atoms with Gasteiger partial charge < -0.3 is 14.9 Å².